The van der Waals surface area contributed by atoms with Crippen LogP contribution in [0.2, 0.25) is 0 Å². The van der Waals surface area contributed by atoms with Crippen molar-refractivity contribution in [2.75, 3.05) is 11.5 Å². The van der Waals surface area contributed by atoms with Crippen molar-refractivity contribution in [1.82, 2.24) is 0 Å². The predicted molar refractivity (Wildman–Crippen MR) is 83.9 cm³/mol. The van der Waals surface area contributed by atoms with Crippen molar-refractivity contribution >= 4 is 31.5 Å². The topological polar surface area (TPSA) is 84.0 Å². The predicted octanol–water partition coefficient (Wildman–Crippen LogP) is 3.53. The second-order valence-corrected chi connectivity index (χ2v) is 8.45. The first-order valence-electron chi connectivity index (χ1n) is 6.37. The molecule has 0 amide bonds. The van der Waals surface area contributed by atoms with E-state index in [1.54, 1.807) is 12.1 Å². The molecular weight excluding hydrogens is 340 g/mol. The lowest BCUT2D eigenvalue weighted by molar-refractivity contribution is 0.431. The molecule has 0 aliphatic carbocycles. The van der Waals surface area contributed by atoms with E-state index in [4.69, 9.17) is 11.0 Å². The van der Waals surface area contributed by atoms with Crippen molar-refractivity contribution < 1.29 is 8.42 Å². The molecule has 0 atom stereocenters. The summed E-state index contributed by atoms with van der Waals surface area (Å²) in [6, 6.07) is 7.03. The molecule has 20 heavy (non-hydrogen) atoms. The van der Waals surface area contributed by atoms with E-state index in [0.29, 0.717) is 23.7 Å². The first-order chi connectivity index (χ1) is 9.18. The zero-order chi connectivity index (χ0) is 15.4. The summed E-state index contributed by atoms with van der Waals surface area (Å²) in [7, 11) is -3.38. The molecule has 0 heterocycles. The molecule has 0 saturated heterocycles. The molecule has 0 fully saturated rings. The summed E-state index contributed by atoms with van der Waals surface area (Å²) in [6.45, 7) is 3.71. The number of benzene rings is 1. The minimum Gasteiger partial charge on any atom is -0.398 e. The van der Waals surface area contributed by atoms with Gasteiger partial charge in [0.25, 0.3) is 0 Å². The Bertz CT molecular complexity index is 619. The lowest BCUT2D eigenvalue weighted by Gasteiger charge is -2.14. The van der Waals surface area contributed by atoms with E-state index in [-0.39, 0.29) is 16.3 Å². The minimum atomic E-state index is -3.38. The van der Waals surface area contributed by atoms with Gasteiger partial charge in [-0.05, 0) is 44.9 Å². The molecule has 0 aliphatic rings. The Kier molecular flexibility index (Phi) is 5.60. The normalized spacial score (nSPS) is 12.1. The molecule has 0 aromatic heterocycles. The Morgan fingerprint density at radius 2 is 2.00 bits per heavy atom. The van der Waals surface area contributed by atoms with Crippen LogP contribution in [0.15, 0.2) is 27.6 Å². The van der Waals surface area contributed by atoms with Gasteiger partial charge in [-0.1, -0.05) is 22.4 Å². The fourth-order valence-electron chi connectivity index (χ4n) is 1.80. The first-order valence-corrected chi connectivity index (χ1v) is 8.81. The van der Waals surface area contributed by atoms with Gasteiger partial charge in [0, 0.05) is 4.47 Å². The number of hydrogen-bond acceptors (Lipinski definition) is 4. The Morgan fingerprint density at radius 3 is 2.60 bits per heavy atom. The van der Waals surface area contributed by atoms with Crippen molar-refractivity contribution in [1.29, 1.82) is 5.26 Å². The van der Waals surface area contributed by atoms with Crippen LogP contribution in [0.25, 0.3) is 0 Å². The van der Waals surface area contributed by atoms with E-state index in [2.05, 4.69) is 22.0 Å². The van der Waals surface area contributed by atoms with Gasteiger partial charge in [0.05, 0.1) is 27.8 Å². The average Bonchev–Trinajstić information content (AvgIpc) is 2.37. The maximum absolute atomic E-state index is 12.2. The molecule has 4 nitrogen and oxygen atoms in total. The fourth-order valence-corrected chi connectivity index (χ4v) is 3.85. The molecule has 110 valence electrons. The highest BCUT2D eigenvalue weighted by molar-refractivity contribution is 9.10. The second kappa shape index (κ2) is 6.59. The number of nitriles is 1. The zero-order valence-electron chi connectivity index (χ0n) is 11.7. The number of hydrogen-bond donors (Lipinski definition) is 1. The van der Waals surface area contributed by atoms with E-state index in [0.717, 1.165) is 0 Å². The smallest absolute Gasteiger partial charge is 0.180 e. The van der Waals surface area contributed by atoms with Gasteiger partial charge >= 0.3 is 0 Å². The van der Waals surface area contributed by atoms with Crippen LogP contribution in [0.4, 0.5) is 5.69 Å². The summed E-state index contributed by atoms with van der Waals surface area (Å²) in [6.07, 6.45) is 1.92. The number of anilines is 1. The van der Waals surface area contributed by atoms with Gasteiger partial charge in [-0.25, -0.2) is 8.42 Å². The molecule has 1 aromatic carbocycles. The van der Waals surface area contributed by atoms with Crippen LogP contribution < -0.4 is 5.73 Å². The Balaban J connectivity index is 2.68. The molecule has 6 heteroatoms. The van der Waals surface area contributed by atoms with E-state index in [9.17, 15) is 8.42 Å². The summed E-state index contributed by atoms with van der Waals surface area (Å²) in [5, 5.41) is 8.91. The highest BCUT2D eigenvalue weighted by Gasteiger charge is 2.20. The van der Waals surface area contributed by atoms with Gasteiger partial charge in [-0.3, -0.25) is 0 Å². The number of nitrogen functional groups attached to an aromatic ring is 1. The third-order valence-electron chi connectivity index (χ3n) is 3.08. The summed E-state index contributed by atoms with van der Waals surface area (Å²) in [4.78, 5) is 0.173. The third kappa shape index (κ3) is 4.80. The van der Waals surface area contributed by atoms with Crippen molar-refractivity contribution in [3.8, 4) is 6.07 Å². The number of rotatable bonds is 6. The molecule has 1 rings (SSSR count). The van der Waals surface area contributed by atoms with Crippen molar-refractivity contribution in [2.45, 2.75) is 38.0 Å². The fraction of sp³-hybridized carbons (Fsp3) is 0.500. The largest absolute Gasteiger partial charge is 0.398 e. The van der Waals surface area contributed by atoms with Gasteiger partial charge < -0.3 is 5.73 Å². The van der Waals surface area contributed by atoms with Gasteiger partial charge in [-0.2, -0.15) is 5.26 Å². The van der Waals surface area contributed by atoms with Gasteiger partial charge in [-0.15, -0.1) is 0 Å². The van der Waals surface area contributed by atoms with Crippen molar-refractivity contribution in [3.05, 3.63) is 22.7 Å². The minimum absolute atomic E-state index is 0.0508. The van der Waals surface area contributed by atoms with Crippen LogP contribution in [-0.2, 0) is 9.84 Å². The number of halogens is 1. The SMILES string of the molecule is CC(C)(C#N)CCCCS(=O)(=O)c1cc(Br)ccc1N. The van der Waals surface area contributed by atoms with Gasteiger partial charge in [0.2, 0.25) is 0 Å². The standard InChI is InChI=1S/C14H19BrN2O2S/c1-14(2,10-16)7-3-4-8-20(18,19)13-9-11(15)5-6-12(13)17/h5-6,9H,3-4,7-8,17H2,1-2H3. The molecule has 0 radical (unpaired) electrons. The van der Waals surface area contributed by atoms with Crippen LogP contribution in [0.1, 0.15) is 33.1 Å². The molecule has 0 aliphatic heterocycles. The molecular formula is C14H19BrN2O2S. The van der Waals surface area contributed by atoms with Crippen LogP contribution in [0.3, 0.4) is 0 Å². The Morgan fingerprint density at radius 1 is 1.35 bits per heavy atom. The number of nitrogens with zero attached hydrogens (tertiary/aromatic N) is 1. The van der Waals surface area contributed by atoms with Crippen LogP contribution >= 0.6 is 15.9 Å². The van der Waals surface area contributed by atoms with Crippen LogP contribution in [-0.4, -0.2) is 14.2 Å². The van der Waals surface area contributed by atoms with Gasteiger partial charge in [0.1, 0.15) is 0 Å². The molecule has 0 bridgehead atoms. The number of unbranched alkanes of at least 4 members (excludes halogenated alkanes) is 1. The molecule has 0 spiro atoms. The maximum atomic E-state index is 12.2. The summed E-state index contributed by atoms with van der Waals surface area (Å²) < 4.78 is 25.2. The van der Waals surface area contributed by atoms with Crippen LogP contribution in [0, 0.1) is 16.7 Å². The van der Waals surface area contributed by atoms with E-state index < -0.39 is 15.3 Å². The highest BCUT2D eigenvalue weighted by atomic mass is 79.9. The maximum Gasteiger partial charge on any atom is 0.180 e. The van der Waals surface area contributed by atoms with Crippen LogP contribution in [0.5, 0.6) is 0 Å². The molecule has 0 saturated carbocycles. The number of nitrogens with two attached hydrogens (primary N) is 1. The molecule has 1 aromatic rings. The van der Waals surface area contributed by atoms with Crippen molar-refractivity contribution in [3.63, 3.8) is 0 Å². The van der Waals surface area contributed by atoms with Gasteiger partial charge in [0.15, 0.2) is 9.84 Å². The summed E-state index contributed by atoms with van der Waals surface area (Å²) >= 11 is 3.25. The Labute approximate surface area is 129 Å². The van der Waals surface area contributed by atoms with E-state index in [1.165, 1.54) is 6.07 Å². The lowest BCUT2D eigenvalue weighted by Crippen LogP contribution is -2.12. The number of sulfone groups is 1. The Hall–Kier alpha value is -1.06. The van der Waals surface area contributed by atoms with E-state index >= 15 is 0 Å². The molecule has 2 N–H and O–H groups in total. The highest BCUT2D eigenvalue weighted by Crippen LogP contribution is 2.26. The second-order valence-electron chi connectivity index (χ2n) is 5.45. The zero-order valence-corrected chi connectivity index (χ0v) is 14.1. The molecule has 0 unspecified atom stereocenters. The average molecular weight is 359 g/mol. The lowest BCUT2D eigenvalue weighted by atomic mass is 9.89. The third-order valence-corrected chi connectivity index (χ3v) is 5.42. The summed E-state index contributed by atoms with van der Waals surface area (Å²) in [5.41, 5.74) is 5.59. The quantitative estimate of drug-likeness (QED) is 0.622. The summed E-state index contributed by atoms with van der Waals surface area (Å²) in [5.74, 6) is 0.0508. The van der Waals surface area contributed by atoms with Crippen molar-refractivity contribution in [2.24, 2.45) is 5.41 Å². The monoisotopic (exact) mass is 358 g/mol. The first kappa shape index (κ1) is 17.0. The van der Waals surface area contributed by atoms with E-state index in [1.807, 2.05) is 13.8 Å².